The Balaban J connectivity index is 1.39. The largest absolute Gasteiger partial charge is 0.365 e. The summed E-state index contributed by atoms with van der Waals surface area (Å²) in [5, 5.41) is 0.196. The van der Waals surface area contributed by atoms with Gasteiger partial charge in [0.1, 0.15) is 11.9 Å². The van der Waals surface area contributed by atoms with E-state index in [1.807, 2.05) is 36.4 Å². The fourth-order valence-electron chi connectivity index (χ4n) is 4.76. The fourth-order valence-corrected chi connectivity index (χ4v) is 4.76. The lowest BCUT2D eigenvalue weighted by atomic mass is 10.1. The first-order valence-electron chi connectivity index (χ1n) is 12.0. The van der Waals surface area contributed by atoms with Crippen LogP contribution >= 0.6 is 0 Å². The Morgan fingerprint density at radius 2 is 1.83 bits per heavy atom. The molecule has 1 atom stereocenters. The van der Waals surface area contributed by atoms with Crippen molar-refractivity contribution < 1.29 is 4.79 Å². The molecule has 1 fully saturated rings. The third kappa shape index (κ3) is 4.28. The van der Waals surface area contributed by atoms with Crippen LogP contribution in [0, 0.1) is 6.92 Å². The number of carbonyl (C=O) groups is 1. The molecule has 0 radical (unpaired) electrons. The second kappa shape index (κ2) is 9.41. The molecule has 0 unspecified atom stereocenters. The summed E-state index contributed by atoms with van der Waals surface area (Å²) in [6.45, 7) is 5.52. The molecule has 0 bridgehead atoms. The number of piperazine rings is 1. The number of aryl methyl sites for hydroxylation is 2. The van der Waals surface area contributed by atoms with Gasteiger partial charge in [0.25, 0.3) is 5.56 Å². The predicted octanol–water partition coefficient (Wildman–Crippen LogP) is 2.20. The van der Waals surface area contributed by atoms with Gasteiger partial charge in [-0.25, -0.2) is 14.8 Å². The van der Waals surface area contributed by atoms with Crippen molar-refractivity contribution in [2.75, 3.05) is 24.5 Å². The molecule has 1 saturated heterocycles. The summed E-state index contributed by atoms with van der Waals surface area (Å²) in [5.41, 5.74) is 2.19. The van der Waals surface area contributed by atoms with Crippen LogP contribution in [0.15, 0.2) is 70.4 Å². The van der Waals surface area contributed by atoms with Crippen molar-refractivity contribution in [3.05, 3.63) is 87.2 Å². The molecule has 1 aliphatic heterocycles. The maximum Gasteiger partial charge on any atom is 0.332 e. The summed E-state index contributed by atoms with van der Waals surface area (Å²) in [4.78, 5) is 52.3. The smallest absolute Gasteiger partial charge is 0.332 e. The minimum absolute atomic E-state index is 0.102. The van der Waals surface area contributed by atoms with Crippen molar-refractivity contribution in [1.29, 1.82) is 0 Å². The van der Waals surface area contributed by atoms with Gasteiger partial charge in [-0.15, -0.1) is 0 Å². The van der Waals surface area contributed by atoms with Gasteiger partial charge in [0.15, 0.2) is 11.5 Å². The molecular formula is C27H28N6O3. The van der Waals surface area contributed by atoms with Gasteiger partial charge in [0.05, 0.1) is 0 Å². The number of nitrogens with zero attached hydrogens (tertiary/aromatic N) is 6. The quantitative estimate of drug-likeness (QED) is 0.441. The zero-order chi connectivity index (χ0) is 25.4. The van der Waals surface area contributed by atoms with Gasteiger partial charge in [-0.2, -0.15) is 0 Å². The minimum atomic E-state index is -0.579. The first-order valence-corrected chi connectivity index (χ1v) is 12.0. The third-order valence-corrected chi connectivity index (χ3v) is 6.72. The van der Waals surface area contributed by atoms with Gasteiger partial charge in [-0.3, -0.25) is 18.7 Å². The van der Waals surface area contributed by atoms with E-state index >= 15 is 0 Å². The highest BCUT2D eigenvalue weighted by Gasteiger charge is 2.28. The molecular weight excluding hydrogens is 456 g/mol. The molecule has 4 aromatic rings. The topological polar surface area (TPSA) is 93.3 Å². The Morgan fingerprint density at radius 3 is 2.56 bits per heavy atom. The van der Waals surface area contributed by atoms with E-state index in [0.717, 1.165) is 15.8 Å². The Kier molecular flexibility index (Phi) is 6.13. The molecule has 0 N–H and O–H groups in total. The number of aromatic nitrogens is 4. The second-order valence-corrected chi connectivity index (χ2v) is 9.25. The first kappa shape index (κ1) is 23.5. The highest BCUT2D eigenvalue weighted by molar-refractivity contribution is 5.78. The normalized spacial score (nSPS) is 15.9. The Bertz CT molecular complexity index is 1560. The van der Waals surface area contributed by atoms with Gasteiger partial charge in [0.2, 0.25) is 5.91 Å². The van der Waals surface area contributed by atoms with Crippen molar-refractivity contribution >= 4 is 22.6 Å². The second-order valence-electron chi connectivity index (χ2n) is 9.25. The van der Waals surface area contributed by atoms with Gasteiger partial charge in [-0.05, 0) is 31.5 Å². The van der Waals surface area contributed by atoms with E-state index in [4.69, 9.17) is 0 Å². The van der Waals surface area contributed by atoms with Gasteiger partial charge < -0.3 is 9.80 Å². The molecule has 3 heterocycles. The van der Waals surface area contributed by atoms with E-state index < -0.39 is 11.2 Å². The van der Waals surface area contributed by atoms with Crippen LogP contribution in [-0.4, -0.2) is 55.6 Å². The lowest BCUT2D eigenvalue weighted by Gasteiger charge is -2.41. The van der Waals surface area contributed by atoms with Crippen LogP contribution < -0.4 is 16.1 Å². The van der Waals surface area contributed by atoms with E-state index in [2.05, 4.69) is 46.9 Å². The van der Waals surface area contributed by atoms with E-state index in [1.165, 1.54) is 16.3 Å². The maximum absolute atomic E-state index is 13.2. The molecule has 2 aromatic heterocycles. The zero-order valence-electron chi connectivity index (χ0n) is 20.6. The minimum Gasteiger partial charge on any atom is -0.365 e. The van der Waals surface area contributed by atoms with Crippen molar-refractivity contribution in [3.63, 3.8) is 0 Å². The molecule has 9 nitrogen and oxygen atoms in total. The Morgan fingerprint density at radius 1 is 1.06 bits per heavy atom. The Labute approximate surface area is 208 Å². The summed E-state index contributed by atoms with van der Waals surface area (Å²) < 4.78 is 2.28. The van der Waals surface area contributed by atoms with Crippen LogP contribution in [0.25, 0.3) is 22.4 Å². The summed E-state index contributed by atoms with van der Waals surface area (Å²) in [5.74, 6) is 0.165. The third-order valence-electron chi connectivity index (χ3n) is 6.72. The van der Waals surface area contributed by atoms with Crippen LogP contribution in [0.4, 0.5) is 5.69 Å². The van der Waals surface area contributed by atoms with Crippen LogP contribution in [0.5, 0.6) is 0 Å². The van der Waals surface area contributed by atoms with E-state index in [0.29, 0.717) is 25.5 Å². The molecule has 36 heavy (non-hydrogen) atoms. The lowest BCUT2D eigenvalue weighted by Crippen LogP contribution is -2.55. The summed E-state index contributed by atoms with van der Waals surface area (Å²) >= 11 is 0. The average Bonchev–Trinajstić information content (AvgIpc) is 2.90. The standard InChI is InChI=1S/C27H28N6O3/c1-18-8-7-11-21(14-18)32-13-12-31(16-19(32)2)23(34)17-33-26(35)22-15-28-24(20-9-5-4-6-10-20)29-25(22)30(3)27(33)36/h4-11,14-15,19H,12-13,16-17H2,1-3H3/t19-/m0/s1. The molecule has 184 valence electrons. The molecule has 0 saturated carbocycles. The predicted molar refractivity (Wildman–Crippen MR) is 139 cm³/mol. The molecule has 9 heteroatoms. The number of hydrogen-bond donors (Lipinski definition) is 0. The highest BCUT2D eigenvalue weighted by atomic mass is 16.2. The molecule has 5 rings (SSSR count). The van der Waals surface area contributed by atoms with Gasteiger partial charge in [-0.1, -0.05) is 42.5 Å². The maximum atomic E-state index is 13.2. The van der Waals surface area contributed by atoms with Crippen molar-refractivity contribution in [1.82, 2.24) is 24.0 Å². The Hall–Kier alpha value is -4.27. The summed E-state index contributed by atoms with van der Waals surface area (Å²) in [6.07, 6.45) is 1.43. The van der Waals surface area contributed by atoms with Gasteiger partial charge >= 0.3 is 5.69 Å². The van der Waals surface area contributed by atoms with Crippen LogP contribution in [0.1, 0.15) is 12.5 Å². The summed E-state index contributed by atoms with van der Waals surface area (Å²) in [6, 6.07) is 17.7. The first-order chi connectivity index (χ1) is 17.3. The van der Waals surface area contributed by atoms with Crippen LogP contribution in [0.3, 0.4) is 0 Å². The molecule has 0 spiro atoms. The van der Waals surface area contributed by atoms with Crippen molar-refractivity contribution in [2.24, 2.45) is 7.05 Å². The highest BCUT2D eigenvalue weighted by Crippen LogP contribution is 2.22. The fraction of sp³-hybridized carbons (Fsp3) is 0.296. The van der Waals surface area contributed by atoms with Crippen LogP contribution in [-0.2, 0) is 18.4 Å². The zero-order valence-corrected chi connectivity index (χ0v) is 20.6. The number of rotatable bonds is 4. The number of amides is 1. The molecule has 1 aliphatic rings. The van der Waals surface area contributed by atoms with Crippen molar-refractivity contribution in [3.8, 4) is 11.4 Å². The molecule has 1 amide bonds. The summed E-state index contributed by atoms with van der Waals surface area (Å²) in [7, 11) is 1.55. The molecule has 0 aliphatic carbocycles. The van der Waals surface area contributed by atoms with Crippen molar-refractivity contribution in [2.45, 2.75) is 26.4 Å². The number of carbonyl (C=O) groups excluding carboxylic acids is 1. The lowest BCUT2D eigenvalue weighted by molar-refractivity contribution is -0.132. The number of anilines is 1. The van der Waals surface area contributed by atoms with E-state index in [-0.39, 0.29) is 29.5 Å². The number of fused-ring (bicyclic) bond motifs is 1. The monoisotopic (exact) mass is 484 g/mol. The average molecular weight is 485 g/mol. The molecule has 2 aromatic carbocycles. The van der Waals surface area contributed by atoms with Gasteiger partial charge in [0, 0.05) is 50.2 Å². The number of hydrogen-bond acceptors (Lipinski definition) is 6. The van der Waals surface area contributed by atoms with E-state index in [1.54, 1.807) is 11.9 Å². The number of benzene rings is 2. The van der Waals surface area contributed by atoms with Crippen LogP contribution in [0.2, 0.25) is 0 Å². The van der Waals surface area contributed by atoms with E-state index in [9.17, 15) is 14.4 Å². The SMILES string of the molecule is Cc1cccc(N2CCN(C(=O)Cn3c(=O)c4cnc(-c5ccccc5)nc4n(C)c3=O)C[C@@H]2C)c1.